The standard InChI is InChI=1S/C62H53N/c1-60(2)54-24-12-9-22-51(54)53-23-15-27-58(59(53)60)63(57-26-14-11-20-49(57)44-28-30-45(31-29-44)61-38-41-34-42(39-61)36-43(35-41)40-61)48-32-33-52-50-21-10-13-25-55(50)62(56(52)37-48,46-16-5-3-6-17-46)47-18-7-4-8-19-47/h3-33,37,41-43H,34-36,38-40H2,1-2H3. The molecule has 4 saturated carbocycles. The van der Waals surface area contributed by atoms with Crippen molar-refractivity contribution in [2.24, 2.45) is 17.8 Å². The van der Waals surface area contributed by atoms with E-state index < -0.39 is 5.41 Å². The lowest BCUT2D eigenvalue weighted by Gasteiger charge is -2.57. The summed E-state index contributed by atoms with van der Waals surface area (Å²) in [5, 5.41) is 0. The average Bonchev–Trinajstić information content (AvgIpc) is 3.75. The number of anilines is 3. The van der Waals surface area contributed by atoms with Gasteiger partial charge in [-0.25, -0.2) is 0 Å². The third-order valence-electron chi connectivity index (χ3n) is 16.5. The molecule has 14 rings (SSSR count). The van der Waals surface area contributed by atoms with Gasteiger partial charge in [0, 0.05) is 16.7 Å². The molecule has 0 aromatic heterocycles. The maximum absolute atomic E-state index is 2.61. The molecule has 1 nitrogen and oxygen atoms in total. The molecule has 4 bridgehead atoms. The van der Waals surface area contributed by atoms with Crippen LogP contribution in [0.3, 0.4) is 0 Å². The van der Waals surface area contributed by atoms with Crippen LogP contribution in [0.15, 0.2) is 194 Å². The molecule has 0 N–H and O–H groups in total. The van der Waals surface area contributed by atoms with Crippen LogP contribution in [-0.2, 0) is 16.2 Å². The molecular weight excluding hydrogens is 759 g/mol. The molecule has 0 aliphatic heterocycles. The number of para-hydroxylation sites is 1. The fourth-order valence-electron chi connectivity index (χ4n) is 14.4. The first-order valence-corrected chi connectivity index (χ1v) is 23.5. The van der Waals surface area contributed by atoms with Crippen LogP contribution in [-0.4, -0.2) is 0 Å². The van der Waals surface area contributed by atoms with Crippen molar-refractivity contribution in [2.45, 2.75) is 68.6 Å². The highest BCUT2D eigenvalue weighted by molar-refractivity contribution is 5.96. The minimum absolute atomic E-state index is 0.208. The van der Waals surface area contributed by atoms with Crippen molar-refractivity contribution >= 4 is 17.1 Å². The lowest BCUT2D eigenvalue weighted by molar-refractivity contribution is -0.00518. The largest absolute Gasteiger partial charge is 0.310 e. The third kappa shape index (κ3) is 5.35. The van der Waals surface area contributed by atoms with Crippen molar-refractivity contribution in [2.75, 3.05) is 4.90 Å². The van der Waals surface area contributed by atoms with E-state index in [9.17, 15) is 0 Å². The number of hydrogen-bond donors (Lipinski definition) is 0. The lowest BCUT2D eigenvalue weighted by atomic mass is 9.48. The van der Waals surface area contributed by atoms with Crippen LogP contribution in [0.1, 0.15) is 91.3 Å². The normalized spacial score (nSPS) is 22.5. The minimum Gasteiger partial charge on any atom is -0.310 e. The molecule has 0 amide bonds. The van der Waals surface area contributed by atoms with Crippen LogP contribution in [0.5, 0.6) is 0 Å². The van der Waals surface area contributed by atoms with Gasteiger partial charge in [-0.15, -0.1) is 0 Å². The summed E-state index contributed by atoms with van der Waals surface area (Å²) >= 11 is 0. The van der Waals surface area contributed by atoms with E-state index in [1.807, 2.05) is 0 Å². The van der Waals surface area contributed by atoms with Crippen LogP contribution in [0.2, 0.25) is 0 Å². The molecule has 0 spiro atoms. The number of fused-ring (bicyclic) bond motifs is 6. The third-order valence-corrected chi connectivity index (χ3v) is 16.5. The molecule has 8 aromatic carbocycles. The first-order valence-electron chi connectivity index (χ1n) is 23.5. The van der Waals surface area contributed by atoms with Crippen molar-refractivity contribution in [1.29, 1.82) is 0 Å². The van der Waals surface area contributed by atoms with Gasteiger partial charge in [0.05, 0.1) is 16.8 Å². The van der Waals surface area contributed by atoms with E-state index in [-0.39, 0.29) is 5.41 Å². The molecule has 306 valence electrons. The zero-order chi connectivity index (χ0) is 41.9. The van der Waals surface area contributed by atoms with Crippen molar-refractivity contribution < 1.29 is 0 Å². The number of rotatable bonds is 7. The summed E-state index contributed by atoms with van der Waals surface area (Å²) in [5.74, 6) is 2.78. The fraction of sp³-hybridized carbons (Fsp3) is 0.226. The zero-order valence-electron chi connectivity index (χ0n) is 36.4. The predicted molar refractivity (Wildman–Crippen MR) is 261 cm³/mol. The summed E-state index contributed by atoms with van der Waals surface area (Å²) in [6.45, 7) is 4.84. The maximum atomic E-state index is 2.61. The second-order valence-corrected chi connectivity index (χ2v) is 20.3. The molecule has 0 atom stereocenters. The second kappa shape index (κ2) is 13.8. The molecule has 0 radical (unpaired) electrons. The molecule has 1 heteroatoms. The van der Waals surface area contributed by atoms with E-state index in [1.165, 1.54) is 117 Å². The highest BCUT2D eigenvalue weighted by Crippen LogP contribution is 2.62. The Morgan fingerprint density at radius 3 is 1.56 bits per heavy atom. The summed E-state index contributed by atoms with van der Waals surface area (Å²) in [7, 11) is 0. The van der Waals surface area contributed by atoms with Gasteiger partial charge in [-0.05, 0) is 153 Å². The quantitative estimate of drug-likeness (QED) is 0.155. The number of nitrogens with zero attached hydrogens (tertiary/aromatic N) is 1. The van der Waals surface area contributed by atoms with E-state index in [1.54, 1.807) is 5.56 Å². The summed E-state index contributed by atoms with van der Waals surface area (Å²) in [5.41, 5.74) is 20.6. The predicted octanol–water partition coefficient (Wildman–Crippen LogP) is 16.0. The molecule has 6 aliphatic carbocycles. The second-order valence-electron chi connectivity index (χ2n) is 20.3. The van der Waals surface area contributed by atoms with Gasteiger partial charge in [-0.3, -0.25) is 0 Å². The van der Waals surface area contributed by atoms with Gasteiger partial charge in [0.25, 0.3) is 0 Å². The Labute approximate surface area is 373 Å². The maximum Gasteiger partial charge on any atom is 0.0714 e. The van der Waals surface area contributed by atoms with Crippen LogP contribution in [0.25, 0.3) is 33.4 Å². The molecule has 4 fully saturated rings. The smallest absolute Gasteiger partial charge is 0.0714 e. The average molecular weight is 812 g/mol. The number of hydrogen-bond acceptors (Lipinski definition) is 1. The van der Waals surface area contributed by atoms with Crippen LogP contribution >= 0.6 is 0 Å². The Hall–Kier alpha value is -6.44. The summed E-state index contributed by atoms with van der Waals surface area (Å²) in [6.07, 6.45) is 8.57. The molecule has 63 heavy (non-hydrogen) atoms. The Kier molecular flexibility index (Phi) is 8.12. The Balaban J connectivity index is 1.04. The van der Waals surface area contributed by atoms with Crippen LogP contribution in [0, 0.1) is 17.8 Å². The summed E-state index contributed by atoms with van der Waals surface area (Å²) in [4.78, 5) is 2.61. The first-order chi connectivity index (χ1) is 30.9. The Bertz CT molecular complexity index is 2990. The number of benzene rings is 8. The Morgan fingerprint density at radius 1 is 0.397 bits per heavy atom. The van der Waals surface area contributed by atoms with Gasteiger partial charge < -0.3 is 4.90 Å². The van der Waals surface area contributed by atoms with Crippen molar-refractivity contribution in [3.05, 3.63) is 233 Å². The Morgan fingerprint density at radius 2 is 0.905 bits per heavy atom. The highest BCUT2D eigenvalue weighted by Gasteiger charge is 2.52. The lowest BCUT2D eigenvalue weighted by Crippen LogP contribution is -2.48. The van der Waals surface area contributed by atoms with Gasteiger partial charge in [0.1, 0.15) is 0 Å². The molecule has 0 saturated heterocycles. The summed E-state index contributed by atoms with van der Waals surface area (Å²) in [6, 6.07) is 74.0. The molecule has 8 aromatic rings. The molecule has 0 unspecified atom stereocenters. The minimum atomic E-state index is -0.503. The van der Waals surface area contributed by atoms with Gasteiger partial charge in [0.15, 0.2) is 0 Å². The highest BCUT2D eigenvalue weighted by atomic mass is 15.1. The van der Waals surface area contributed by atoms with Crippen molar-refractivity contribution in [3.63, 3.8) is 0 Å². The fourth-order valence-corrected chi connectivity index (χ4v) is 14.4. The van der Waals surface area contributed by atoms with Crippen LogP contribution < -0.4 is 4.90 Å². The summed E-state index contributed by atoms with van der Waals surface area (Å²) < 4.78 is 0. The van der Waals surface area contributed by atoms with Crippen LogP contribution in [0.4, 0.5) is 17.1 Å². The van der Waals surface area contributed by atoms with E-state index in [0.717, 1.165) is 23.4 Å². The topological polar surface area (TPSA) is 3.24 Å². The van der Waals surface area contributed by atoms with Crippen molar-refractivity contribution in [1.82, 2.24) is 0 Å². The SMILES string of the molecule is CC1(C)c2ccccc2-c2cccc(N(c3ccc4c(c3)C(c3ccccc3)(c3ccccc3)c3ccccc3-4)c3ccccc3-c3ccc(C45CC6CC(CC(C6)C4)C5)cc3)c21. The van der Waals surface area contributed by atoms with E-state index in [2.05, 4.69) is 213 Å². The van der Waals surface area contributed by atoms with Gasteiger partial charge in [-0.1, -0.05) is 184 Å². The van der Waals surface area contributed by atoms with Gasteiger partial charge in [-0.2, -0.15) is 0 Å². The zero-order valence-corrected chi connectivity index (χ0v) is 36.4. The van der Waals surface area contributed by atoms with E-state index in [4.69, 9.17) is 0 Å². The van der Waals surface area contributed by atoms with Gasteiger partial charge in [0.2, 0.25) is 0 Å². The molecule has 6 aliphatic rings. The monoisotopic (exact) mass is 811 g/mol. The van der Waals surface area contributed by atoms with E-state index in [0.29, 0.717) is 5.41 Å². The van der Waals surface area contributed by atoms with E-state index >= 15 is 0 Å². The van der Waals surface area contributed by atoms with Crippen molar-refractivity contribution in [3.8, 4) is 33.4 Å². The molecule has 0 heterocycles. The first kappa shape index (κ1) is 37.1. The molecular formula is C62H53N. The van der Waals surface area contributed by atoms with Gasteiger partial charge >= 0.3 is 0 Å².